The average Bonchev–Trinajstić information content (AvgIpc) is 3.99. The molecule has 1 saturated carbocycles. The first-order chi connectivity index (χ1) is 28.8. The third-order valence-corrected chi connectivity index (χ3v) is 13.1. The molecule has 1 N–H and O–H groups in total. The Kier molecular flexibility index (Phi) is 36.9. The van der Waals surface area contributed by atoms with Crippen molar-refractivity contribution in [1.29, 1.82) is 0 Å². The van der Waals surface area contributed by atoms with Gasteiger partial charge in [-0.25, -0.2) is 0 Å². The fraction of sp³-hybridized carbons (Fsp3) is 0.925. The molecule has 1 aliphatic rings. The second-order valence-electron chi connectivity index (χ2n) is 19.0. The molecule has 0 aromatic rings. The van der Waals surface area contributed by atoms with Gasteiger partial charge < -0.3 is 19.7 Å². The molecule has 1 unspecified atom stereocenters. The molecule has 1 fully saturated rings. The molecule has 0 amide bonds. The molecule has 0 radical (unpaired) electrons. The number of ether oxygens (including phenoxy) is 2. The van der Waals surface area contributed by atoms with Gasteiger partial charge in [-0.3, -0.25) is 9.59 Å². The zero-order valence-electron chi connectivity index (χ0n) is 40.4. The number of unbranched alkanes of at least 4 members (excludes halogenated alkanes) is 23. The van der Waals surface area contributed by atoms with E-state index in [1.54, 1.807) is 0 Å². The highest BCUT2D eigenvalue weighted by atomic mass is 16.5. The van der Waals surface area contributed by atoms with Gasteiger partial charge in [-0.05, 0) is 110 Å². The molecule has 348 valence electrons. The summed E-state index contributed by atoms with van der Waals surface area (Å²) in [6.07, 6.45) is 43.7. The van der Waals surface area contributed by atoms with Crippen molar-refractivity contribution in [3.05, 3.63) is 12.3 Å². The molecule has 0 aliphatic heterocycles. The summed E-state index contributed by atoms with van der Waals surface area (Å²) in [4.78, 5) is 28.1. The minimum Gasteiger partial charge on any atom is -0.462 e. The highest BCUT2D eigenvalue weighted by Gasteiger charge is 2.39. The Morgan fingerprint density at radius 1 is 0.508 bits per heavy atom. The summed E-state index contributed by atoms with van der Waals surface area (Å²) in [5, 5.41) is 3.63. The van der Waals surface area contributed by atoms with Crippen LogP contribution in [-0.2, 0) is 19.1 Å². The first-order valence-corrected chi connectivity index (χ1v) is 26.3. The van der Waals surface area contributed by atoms with Gasteiger partial charge in [-0.2, -0.15) is 0 Å². The van der Waals surface area contributed by atoms with E-state index in [2.05, 4.69) is 51.4 Å². The fourth-order valence-corrected chi connectivity index (χ4v) is 8.41. The Morgan fingerprint density at radius 3 is 1.29 bits per heavy atom. The molecule has 1 rings (SSSR count). The van der Waals surface area contributed by atoms with E-state index in [4.69, 9.17) is 9.47 Å². The van der Waals surface area contributed by atoms with E-state index in [0.717, 1.165) is 84.0 Å². The fourth-order valence-electron chi connectivity index (χ4n) is 8.41. The Morgan fingerprint density at radius 2 is 0.864 bits per heavy atom. The molecule has 1 aliphatic carbocycles. The van der Waals surface area contributed by atoms with Gasteiger partial charge in [0.15, 0.2) is 0 Å². The van der Waals surface area contributed by atoms with Gasteiger partial charge in [-0.1, -0.05) is 176 Å². The van der Waals surface area contributed by atoms with Crippen molar-refractivity contribution >= 4 is 11.9 Å². The summed E-state index contributed by atoms with van der Waals surface area (Å²) < 4.78 is 11.9. The largest absolute Gasteiger partial charge is 0.462 e. The van der Waals surface area contributed by atoms with Crippen LogP contribution in [0.3, 0.4) is 0 Å². The maximum Gasteiger partial charge on any atom is 0.306 e. The van der Waals surface area contributed by atoms with Gasteiger partial charge >= 0.3 is 11.9 Å². The van der Waals surface area contributed by atoms with E-state index in [-0.39, 0.29) is 24.1 Å². The van der Waals surface area contributed by atoms with Crippen molar-refractivity contribution in [2.24, 2.45) is 5.41 Å². The number of hydrogen-bond acceptors (Lipinski definition) is 6. The number of rotatable bonds is 46. The van der Waals surface area contributed by atoms with E-state index < -0.39 is 0 Å². The van der Waals surface area contributed by atoms with Gasteiger partial charge in [0.25, 0.3) is 0 Å². The van der Waals surface area contributed by atoms with E-state index in [0.29, 0.717) is 18.3 Å². The molecule has 0 heterocycles. The van der Waals surface area contributed by atoms with Gasteiger partial charge in [-0.15, -0.1) is 0 Å². The molecule has 6 nitrogen and oxygen atoms in total. The molecule has 0 bridgehead atoms. The molecular formula is C53H102N2O4. The highest BCUT2D eigenvalue weighted by Crippen LogP contribution is 2.49. The van der Waals surface area contributed by atoms with Gasteiger partial charge in [0, 0.05) is 30.5 Å². The lowest BCUT2D eigenvalue weighted by Crippen LogP contribution is -2.30. The number of esters is 2. The van der Waals surface area contributed by atoms with Crippen molar-refractivity contribution in [2.45, 2.75) is 284 Å². The minimum absolute atomic E-state index is 0.00663. The van der Waals surface area contributed by atoms with E-state index >= 15 is 0 Å². The topological polar surface area (TPSA) is 67.9 Å². The zero-order valence-corrected chi connectivity index (χ0v) is 40.4. The summed E-state index contributed by atoms with van der Waals surface area (Å²) in [7, 11) is 0. The maximum absolute atomic E-state index is 12.9. The normalized spacial score (nSPS) is 13.9. The molecular weight excluding hydrogens is 729 g/mol. The predicted octanol–water partition coefficient (Wildman–Crippen LogP) is 15.7. The van der Waals surface area contributed by atoms with Crippen LogP contribution >= 0.6 is 0 Å². The van der Waals surface area contributed by atoms with Crippen LogP contribution < -0.4 is 5.32 Å². The summed E-state index contributed by atoms with van der Waals surface area (Å²) >= 11 is 0. The summed E-state index contributed by atoms with van der Waals surface area (Å²) in [6.45, 7) is 20.0. The lowest BCUT2D eigenvalue weighted by molar-refractivity contribution is -0.150. The van der Waals surface area contributed by atoms with Crippen molar-refractivity contribution < 1.29 is 19.1 Å². The standard InChI is InChI=1S/C53H102N2O4/c1-7-11-14-17-22-29-37-49(10-4)58-51(56)40-32-25-20-27-34-45-55(47-36-44-54-48(5)53(6)42-43-53)46-35-28-21-26-33-41-52(57)59-50(38-30-23-18-15-12-8-2)39-31-24-19-16-13-9-3/h49-50,54H,5,7-47H2,1-4,6H3. The first-order valence-electron chi connectivity index (χ1n) is 26.3. The molecule has 0 saturated heterocycles. The average molecular weight is 831 g/mol. The number of nitrogens with one attached hydrogen (secondary N) is 1. The lowest BCUT2D eigenvalue weighted by atomic mass is 10.0. The van der Waals surface area contributed by atoms with Crippen LogP contribution in [0.2, 0.25) is 0 Å². The van der Waals surface area contributed by atoms with E-state index in [1.807, 2.05) is 0 Å². The van der Waals surface area contributed by atoms with Crippen LogP contribution in [-0.4, -0.2) is 55.2 Å². The van der Waals surface area contributed by atoms with Crippen LogP contribution in [0.25, 0.3) is 0 Å². The van der Waals surface area contributed by atoms with Crippen molar-refractivity contribution in [3.8, 4) is 0 Å². The molecule has 0 spiro atoms. The zero-order chi connectivity index (χ0) is 43.1. The molecule has 59 heavy (non-hydrogen) atoms. The quantitative estimate of drug-likeness (QED) is 0.0487. The number of nitrogens with zero attached hydrogens (tertiary/aromatic N) is 1. The lowest BCUT2D eigenvalue weighted by Gasteiger charge is -2.23. The Labute approximate surface area is 368 Å². The van der Waals surface area contributed by atoms with Crippen LogP contribution in [0, 0.1) is 5.41 Å². The number of allylic oxidation sites excluding steroid dienone is 1. The van der Waals surface area contributed by atoms with Crippen molar-refractivity contribution in [3.63, 3.8) is 0 Å². The molecule has 0 aromatic carbocycles. The summed E-state index contributed by atoms with van der Waals surface area (Å²) in [5.74, 6) is 0.0427. The van der Waals surface area contributed by atoms with Crippen LogP contribution in [0.5, 0.6) is 0 Å². The van der Waals surface area contributed by atoms with Crippen molar-refractivity contribution in [1.82, 2.24) is 10.2 Å². The first kappa shape index (κ1) is 55.5. The van der Waals surface area contributed by atoms with Crippen LogP contribution in [0.1, 0.15) is 272 Å². The smallest absolute Gasteiger partial charge is 0.306 e. The van der Waals surface area contributed by atoms with Gasteiger partial charge in [0.1, 0.15) is 12.2 Å². The monoisotopic (exact) mass is 831 g/mol. The second kappa shape index (κ2) is 39.3. The maximum atomic E-state index is 12.9. The van der Waals surface area contributed by atoms with Gasteiger partial charge in [0.2, 0.25) is 0 Å². The highest BCUT2D eigenvalue weighted by molar-refractivity contribution is 5.69. The van der Waals surface area contributed by atoms with Crippen LogP contribution in [0.15, 0.2) is 12.3 Å². The Hall–Kier alpha value is -1.56. The molecule has 0 aromatic heterocycles. The summed E-state index contributed by atoms with van der Waals surface area (Å²) in [5.41, 5.74) is 1.56. The van der Waals surface area contributed by atoms with E-state index in [1.165, 1.54) is 173 Å². The number of carbonyl (C=O) groups is 2. The third-order valence-electron chi connectivity index (χ3n) is 13.1. The number of carbonyl (C=O) groups excluding carboxylic acids is 2. The van der Waals surface area contributed by atoms with E-state index in [9.17, 15) is 9.59 Å². The third kappa shape index (κ3) is 33.7. The van der Waals surface area contributed by atoms with Crippen molar-refractivity contribution in [2.75, 3.05) is 26.2 Å². The van der Waals surface area contributed by atoms with Crippen LogP contribution in [0.4, 0.5) is 0 Å². The SMILES string of the molecule is C=C(NCCCN(CCCCCCCC(=O)OC(CC)CCCCCCCC)CCCCCCCC(=O)OC(CCCCCCCC)CCCCCCCC)C1(C)CC1. The summed E-state index contributed by atoms with van der Waals surface area (Å²) in [6, 6.07) is 0. The minimum atomic E-state index is 0.00663. The number of hydrogen-bond donors (Lipinski definition) is 1. The molecule has 1 atom stereocenters. The Balaban J connectivity index is 2.33. The molecule has 6 heteroatoms. The Bertz CT molecular complexity index is 965. The van der Waals surface area contributed by atoms with Gasteiger partial charge in [0.05, 0.1) is 0 Å². The predicted molar refractivity (Wildman–Crippen MR) is 255 cm³/mol. The second-order valence-corrected chi connectivity index (χ2v) is 19.0.